The van der Waals surface area contributed by atoms with Crippen LogP contribution in [0.25, 0.3) is 0 Å². The van der Waals surface area contributed by atoms with Crippen LogP contribution in [0.4, 0.5) is 4.39 Å². The number of carbonyl (C=O) groups excluding carboxylic acids is 1. The second-order valence-electron chi connectivity index (χ2n) is 10.0. The van der Waals surface area contributed by atoms with Gasteiger partial charge in [-0.25, -0.2) is 9.40 Å². The number of hydrazine groups is 1. The number of likely N-dealkylation sites (tertiary alicyclic amines) is 1. The number of piperidine rings is 1. The molecule has 0 saturated carbocycles. The van der Waals surface area contributed by atoms with Crippen molar-refractivity contribution < 1.29 is 13.9 Å². The van der Waals surface area contributed by atoms with Gasteiger partial charge >= 0.3 is 0 Å². The predicted octanol–water partition coefficient (Wildman–Crippen LogP) is 4.86. The van der Waals surface area contributed by atoms with Crippen molar-refractivity contribution in [3.05, 3.63) is 65.5 Å². The van der Waals surface area contributed by atoms with Gasteiger partial charge in [-0.05, 0) is 80.7 Å². The van der Waals surface area contributed by atoms with Gasteiger partial charge in [0.2, 0.25) is 5.91 Å². The number of benzene rings is 2. The quantitative estimate of drug-likeness (QED) is 0.600. The van der Waals surface area contributed by atoms with Crippen LogP contribution in [0.5, 0.6) is 5.75 Å². The summed E-state index contributed by atoms with van der Waals surface area (Å²) in [4.78, 5) is 15.5. The fourth-order valence-electron chi connectivity index (χ4n) is 4.85. The Morgan fingerprint density at radius 2 is 1.55 bits per heavy atom. The highest BCUT2D eigenvalue weighted by Gasteiger charge is 2.46. The molecule has 33 heavy (non-hydrogen) atoms. The molecule has 6 heteroatoms. The smallest absolute Gasteiger partial charge is 0.237 e. The van der Waals surface area contributed by atoms with Gasteiger partial charge in [-0.1, -0.05) is 38.1 Å². The van der Waals surface area contributed by atoms with Crippen LogP contribution in [0.15, 0.2) is 48.5 Å². The van der Waals surface area contributed by atoms with Crippen molar-refractivity contribution in [2.75, 3.05) is 26.7 Å². The van der Waals surface area contributed by atoms with Gasteiger partial charge in [0, 0.05) is 18.5 Å². The first-order chi connectivity index (χ1) is 15.8. The first-order valence-electron chi connectivity index (χ1n) is 12.1. The van der Waals surface area contributed by atoms with Crippen molar-refractivity contribution >= 4 is 5.91 Å². The van der Waals surface area contributed by atoms with Crippen LogP contribution in [-0.2, 0) is 17.9 Å². The molecule has 178 valence electrons. The highest BCUT2D eigenvalue weighted by atomic mass is 19.1. The maximum absolute atomic E-state index is 13.5. The van der Waals surface area contributed by atoms with Crippen molar-refractivity contribution in [2.45, 2.75) is 58.2 Å². The van der Waals surface area contributed by atoms with E-state index in [-0.39, 0.29) is 17.3 Å². The van der Waals surface area contributed by atoms with E-state index in [1.807, 2.05) is 29.3 Å². The van der Waals surface area contributed by atoms with Crippen LogP contribution < -0.4 is 4.74 Å². The predicted molar refractivity (Wildman–Crippen MR) is 128 cm³/mol. The third-order valence-corrected chi connectivity index (χ3v) is 6.93. The molecule has 2 saturated heterocycles. The van der Waals surface area contributed by atoms with Crippen molar-refractivity contribution in [1.82, 2.24) is 14.9 Å². The molecule has 0 bridgehead atoms. The number of hydrogen-bond acceptors (Lipinski definition) is 4. The second-order valence-corrected chi connectivity index (χ2v) is 10.0. The molecule has 0 aromatic heterocycles. The van der Waals surface area contributed by atoms with Gasteiger partial charge in [-0.15, -0.1) is 0 Å². The monoisotopic (exact) mass is 453 g/mol. The molecule has 2 aromatic carbocycles. The van der Waals surface area contributed by atoms with Gasteiger partial charge in [0.25, 0.3) is 0 Å². The van der Waals surface area contributed by atoms with E-state index in [2.05, 4.69) is 42.9 Å². The highest BCUT2D eigenvalue weighted by Crippen LogP contribution is 2.40. The molecule has 1 amide bonds. The fourth-order valence-corrected chi connectivity index (χ4v) is 4.85. The summed E-state index contributed by atoms with van der Waals surface area (Å²) in [6.07, 6.45) is 3.49. The summed E-state index contributed by atoms with van der Waals surface area (Å²) in [6, 6.07) is 14.7. The minimum atomic E-state index is -0.237. The van der Waals surface area contributed by atoms with Crippen LogP contribution in [0.3, 0.4) is 0 Å². The Kier molecular flexibility index (Phi) is 7.35. The number of nitrogens with zero attached hydrogens (tertiary/aromatic N) is 3. The van der Waals surface area contributed by atoms with Crippen molar-refractivity contribution in [3.8, 4) is 5.75 Å². The molecule has 2 fully saturated rings. The van der Waals surface area contributed by atoms with Gasteiger partial charge in [0.05, 0.1) is 13.2 Å². The molecule has 2 aliphatic rings. The topological polar surface area (TPSA) is 36.0 Å². The first kappa shape index (κ1) is 23.7. The summed E-state index contributed by atoms with van der Waals surface area (Å²) in [5.41, 5.74) is 2.05. The van der Waals surface area contributed by atoms with Gasteiger partial charge in [0.15, 0.2) is 0 Å². The maximum Gasteiger partial charge on any atom is 0.237 e. The molecular formula is C27H36FN3O2. The SMILES string of the molecule is CC(C)COc1ccc(CN2C(=O)CCC3(CCN(C)CC3)N2Cc2ccc(F)cc2)cc1. The standard InChI is InChI=1S/C27H36FN3O2/c1-21(2)20-33-25-10-6-22(7-11-25)18-30-26(32)12-13-27(14-16-29(3)17-15-27)31(30)19-23-4-8-24(28)9-5-23/h4-11,21H,12-20H2,1-3H3. The third-order valence-electron chi connectivity index (χ3n) is 6.93. The zero-order valence-electron chi connectivity index (χ0n) is 20.1. The lowest BCUT2D eigenvalue weighted by Crippen LogP contribution is -2.64. The molecule has 1 spiro atoms. The number of ether oxygens (including phenoxy) is 1. The van der Waals surface area contributed by atoms with Gasteiger partial charge in [-0.2, -0.15) is 0 Å². The minimum Gasteiger partial charge on any atom is -0.493 e. The van der Waals surface area contributed by atoms with Crippen molar-refractivity contribution in [3.63, 3.8) is 0 Å². The Hall–Kier alpha value is -2.44. The molecule has 0 radical (unpaired) electrons. The minimum absolute atomic E-state index is 0.0465. The Bertz CT molecular complexity index is 921. The summed E-state index contributed by atoms with van der Waals surface area (Å²) < 4.78 is 19.3. The molecule has 5 nitrogen and oxygen atoms in total. The summed E-state index contributed by atoms with van der Waals surface area (Å²) in [5, 5.41) is 4.24. The van der Waals surface area contributed by atoms with E-state index >= 15 is 0 Å². The lowest BCUT2D eigenvalue weighted by Gasteiger charge is -2.55. The molecule has 0 atom stereocenters. The lowest BCUT2D eigenvalue weighted by molar-refractivity contribution is -0.191. The zero-order chi connectivity index (χ0) is 23.4. The lowest BCUT2D eigenvalue weighted by atomic mass is 9.80. The number of rotatable bonds is 7. The molecule has 2 heterocycles. The van der Waals surface area contributed by atoms with Crippen molar-refractivity contribution in [1.29, 1.82) is 0 Å². The summed E-state index contributed by atoms with van der Waals surface area (Å²) in [5.74, 6) is 1.25. The van der Waals surface area contributed by atoms with Gasteiger partial charge in [-0.3, -0.25) is 9.80 Å². The van der Waals surface area contributed by atoms with Crippen LogP contribution in [-0.4, -0.2) is 53.1 Å². The Morgan fingerprint density at radius 1 is 0.939 bits per heavy atom. The Morgan fingerprint density at radius 3 is 2.18 bits per heavy atom. The van der Waals surface area contributed by atoms with E-state index < -0.39 is 0 Å². The van der Waals surface area contributed by atoms with Crippen LogP contribution >= 0.6 is 0 Å². The summed E-state index contributed by atoms with van der Waals surface area (Å²) >= 11 is 0. The summed E-state index contributed by atoms with van der Waals surface area (Å²) in [6.45, 7) is 8.11. The second kappa shape index (κ2) is 10.2. The average Bonchev–Trinajstić information content (AvgIpc) is 2.81. The number of carbonyl (C=O) groups is 1. The Labute approximate surface area is 197 Å². The van der Waals surface area contributed by atoms with Crippen molar-refractivity contribution in [2.24, 2.45) is 5.92 Å². The molecule has 0 unspecified atom stereocenters. The van der Waals surface area contributed by atoms with Gasteiger partial charge < -0.3 is 9.64 Å². The van der Waals surface area contributed by atoms with Crippen LogP contribution in [0.2, 0.25) is 0 Å². The van der Waals surface area contributed by atoms with E-state index in [1.54, 1.807) is 0 Å². The van der Waals surface area contributed by atoms with Gasteiger partial charge in [0.1, 0.15) is 11.6 Å². The maximum atomic E-state index is 13.5. The molecule has 2 aromatic rings. The van der Waals surface area contributed by atoms with E-state index in [4.69, 9.17) is 4.74 Å². The molecular weight excluding hydrogens is 417 g/mol. The van der Waals surface area contributed by atoms with E-state index in [1.165, 1.54) is 12.1 Å². The largest absolute Gasteiger partial charge is 0.493 e. The number of amides is 1. The van der Waals surface area contributed by atoms with E-state index in [0.29, 0.717) is 32.0 Å². The first-order valence-corrected chi connectivity index (χ1v) is 12.1. The summed E-state index contributed by atoms with van der Waals surface area (Å²) in [7, 11) is 2.16. The molecule has 4 rings (SSSR count). The average molecular weight is 454 g/mol. The highest BCUT2D eigenvalue weighted by molar-refractivity contribution is 5.76. The van der Waals surface area contributed by atoms with E-state index in [9.17, 15) is 9.18 Å². The van der Waals surface area contributed by atoms with Crippen LogP contribution in [0, 0.1) is 11.7 Å². The third kappa shape index (κ3) is 5.74. The number of halogens is 1. The zero-order valence-corrected chi connectivity index (χ0v) is 20.1. The molecule has 2 aliphatic heterocycles. The normalized spacial score (nSPS) is 19.4. The van der Waals surface area contributed by atoms with Crippen LogP contribution in [0.1, 0.15) is 50.7 Å². The Balaban J connectivity index is 1.57. The molecule has 0 N–H and O–H groups in total. The number of hydrogen-bond donors (Lipinski definition) is 0. The van der Waals surface area contributed by atoms with E-state index in [0.717, 1.165) is 49.2 Å². The fraction of sp³-hybridized carbons (Fsp3) is 0.519. The molecule has 0 aliphatic carbocycles.